The van der Waals surface area contributed by atoms with Gasteiger partial charge in [0, 0.05) is 25.0 Å². The van der Waals surface area contributed by atoms with E-state index in [9.17, 15) is 4.79 Å². The summed E-state index contributed by atoms with van der Waals surface area (Å²) in [6.07, 6.45) is 3.34. The molecule has 2 rings (SSSR count). The monoisotopic (exact) mass is 231 g/mol. The van der Waals surface area contributed by atoms with Gasteiger partial charge < -0.3 is 5.11 Å². The van der Waals surface area contributed by atoms with E-state index in [2.05, 4.69) is 10.1 Å². The standard InChI is InChI=1S/C12H13N3O2/c1-8-12(9-3-5-13-6-4-9)10(7-11(16)17)15(2)14-8/h3-6H,7H2,1-2H3,(H,16,17). The molecule has 0 aliphatic carbocycles. The molecule has 5 heteroatoms. The van der Waals surface area contributed by atoms with Crippen molar-refractivity contribution in [2.75, 3.05) is 0 Å². The Morgan fingerprint density at radius 2 is 2.06 bits per heavy atom. The van der Waals surface area contributed by atoms with E-state index < -0.39 is 5.97 Å². The third kappa shape index (κ3) is 2.18. The van der Waals surface area contributed by atoms with E-state index >= 15 is 0 Å². The number of carbonyl (C=O) groups is 1. The molecule has 2 heterocycles. The normalized spacial score (nSPS) is 10.5. The van der Waals surface area contributed by atoms with Crippen LogP contribution < -0.4 is 0 Å². The summed E-state index contributed by atoms with van der Waals surface area (Å²) in [7, 11) is 1.76. The zero-order valence-electron chi connectivity index (χ0n) is 9.71. The van der Waals surface area contributed by atoms with Crippen molar-refractivity contribution in [2.45, 2.75) is 13.3 Å². The fourth-order valence-electron chi connectivity index (χ4n) is 1.95. The van der Waals surface area contributed by atoms with Crippen LogP contribution in [-0.4, -0.2) is 25.8 Å². The van der Waals surface area contributed by atoms with E-state index in [1.807, 2.05) is 19.1 Å². The molecule has 0 saturated carbocycles. The smallest absolute Gasteiger partial charge is 0.309 e. The third-order valence-electron chi connectivity index (χ3n) is 2.63. The lowest BCUT2D eigenvalue weighted by atomic mass is 10.0. The summed E-state index contributed by atoms with van der Waals surface area (Å²) < 4.78 is 1.62. The van der Waals surface area contributed by atoms with Gasteiger partial charge in [0.2, 0.25) is 0 Å². The van der Waals surface area contributed by atoms with Crippen LogP contribution >= 0.6 is 0 Å². The number of rotatable bonds is 3. The van der Waals surface area contributed by atoms with E-state index in [0.717, 1.165) is 16.8 Å². The molecule has 1 N–H and O–H groups in total. The SMILES string of the molecule is Cc1nn(C)c(CC(=O)O)c1-c1ccncc1. The molecule has 5 nitrogen and oxygen atoms in total. The zero-order valence-corrected chi connectivity index (χ0v) is 9.71. The van der Waals surface area contributed by atoms with Gasteiger partial charge in [-0.15, -0.1) is 0 Å². The third-order valence-corrected chi connectivity index (χ3v) is 2.63. The van der Waals surface area contributed by atoms with E-state index in [1.54, 1.807) is 24.1 Å². The predicted octanol–water partition coefficient (Wildman–Crippen LogP) is 1.42. The Balaban J connectivity index is 2.56. The van der Waals surface area contributed by atoms with Crippen molar-refractivity contribution in [1.29, 1.82) is 0 Å². The highest BCUT2D eigenvalue weighted by atomic mass is 16.4. The van der Waals surface area contributed by atoms with Crippen LogP contribution in [0.15, 0.2) is 24.5 Å². The van der Waals surface area contributed by atoms with Crippen molar-refractivity contribution in [3.63, 3.8) is 0 Å². The molecule has 0 bridgehead atoms. The maximum Gasteiger partial charge on any atom is 0.309 e. The molecule has 0 fully saturated rings. The molecule has 0 atom stereocenters. The molecule has 17 heavy (non-hydrogen) atoms. The van der Waals surface area contributed by atoms with Crippen molar-refractivity contribution < 1.29 is 9.90 Å². The molecular formula is C12H13N3O2. The van der Waals surface area contributed by atoms with E-state index in [4.69, 9.17) is 5.11 Å². The summed E-state index contributed by atoms with van der Waals surface area (Å²) in [6.45, 7) is 1.88. The Labute approximate surface area is 98.7 Å². The van der Waals surface area contributed by atoms with Gasteiger partial charge in [-0.3, -0.25) is 14.5 Å². The second-order valence-corrected chi connectivity index (χ2v) is 3.84. The van der Waals surface area contributed by atoms with Gasteiger partial charge in [-0.2, -0.15) is 5.10 Å². The van der Waals surface area contributed by atoms with E-state index in [-0.39, 0.29) is 6.42 Å². The average molecular weight is 231 g/mol. The quantitative estimate of drug-likeness (QED) is 0.867. The van der Waals surface area contributed by atoms with Crippen molar-refractivity contribution in [2.24, 2.45) is 7.05 Å². The molecule has 0 amide bonds. The summed E-state index contributed by atoms with van der Waals surface area (Å²) >= 11 is 0. The first-order valence-electron chi connectivity index (χ1n) is 5.24. The molecule has 0 aliphatic heterocycles. The van der Waals surface area contributed by atoms with E-state index in [1.165, 1.54) is 0 Å². The second kappa shape index (κ2) is 4.37. The van der Waals surface area contributed by atoms with E-state index in [0.29, 0.717) is 5.69 Å². The first-order chi connectivity index (χ1) is 8.09. The van der Waals surface area contributed by atoms with Gasteiger partial charge in [-0.25, -0.2) is 0 Å². The van der Waals surface area contributed by atoms with Crippen LogP contribution in [0.3, 0.4) is 0 Å². The highest BCUT2D eigenvalue weighted by Gasteiger charge is 2.17. The fraction of sp³-hybridized carbons (Fsp3) is 0.250. The summed E-state index contributed by atoms with van der Waals surface area (Å²) in [5.41, 5.74) is 3.37. The number of hydrogen-bond donors (Lipinski definition) is 1. The topological polar surface area (TPSA) is 68.0 Å². The molecule has 0 saturated heterocycles. The first kappa shape index (κ1) is 11.3. The Bertz CT molecular complexity index is 546. The summed E-state index contributed by atoms with van der Waals surface area (Å²) in [6, 6.07) is 3.71. The van der Waals surface area contributed by atoms with Gasteiger partial charge >= 0.3 is 5.97 Å². The number of pyridine rings is 1. The summed E-state index contributed by atoms with van der Waals surface area (Å²) in [5, 5.41) is 13.2. The summed E-state index contributed by atoms with van der Waals surface area (Å²) in [4.78, 5) is 14.8. The Morgan fingerprint density at radius 1 is 1.41 bits per heavy atom. The summed E-state index contributed by atoms with van der Waals surface area (Å²) in [5.74, 6) is -0.858. The number of aliphatic carboxylic acids is 1. The van der Waals surface area contributed by atoms with Crippen LogP contribution in [0.1, 0.15) is 11.4 Å². The highest BCUT2D eigenvalue weighted by Crippen LogP contribution is 2.26. The van der Waals surface area contributed by atoms with Gasteiger partial charge in [0.25, 0.3) is 0 Å². The average Bonchev–Trinajstić information content (AvgIpc) is 2.54. The van der Waals surface area contributed by atoms with Crippen LogP contribution in [0.2, 0.25) is 0 Å². The second-order valence-electron chi connectivity index (χ2n) is 3.84. The Kier molecular flexibility index (Phi) is 2.91. The largest absolute Gasteiger partial charge is 0.481 e. The number of aryl methyl sites for hydroxylation is 2. The van der Waals surface area contributed by atoms with Crippen molar-refractivity contribution >= 4 is 5.97 Å². The fourth-order valence-corrected chi connectivity index (χ4v) is 1.95. The minimum absolute atomic E-state index is 0.0327. The molecule has 0 aliphatic rings. The number of aromatic nitrogens is 3. The van der Waals surface area contributed by atoms with Gasteiger partial charge in [0.1, 0.15) is 0 Å². The first-order valence-corrected chi connectivity index (χ1v) is 5.24. The van der Waals surface area contributed by atoms with Crippen molar-refractivity contribution in [3.05, 3.63) is 35.9 Å². The van der Waals surface area contributed by atoms with Gasteiger partial charge in [0.15, 0.2) is 0 Å². The maximum absolute atomic E-state index is 10.9. The molecule has 0 radical (unpaired) electrons. The van der Waals surface area contributed by atoms with Gasteiger partial charge in [-0.1, -0.05) is 0 Å². The Morgan fingerprint density at radius 3 is 2.65 bits per heavy atom. The lowest BCUT2D eigenvalue weighted by molar-refractivity contribution is -0.136. The molecule has 88 valence electrons. The number of nitrogens with zero attached hydrogens (tertiary/aromatic N) is 3. The van der Waals surface area contributed by atoms with Crippen molar-refractivity contribution in [1.82, 2.24) is 14.8 Å². The molecule has 0 spiro atoms. The maximum atomic E-state index is 10.9. The van der Waals surface area contributed by atoms with Crippen LogP contribution in [0.5, 0.6) is 0 Å². The minimum atomic E-state index is -0.858. The van der Waals surface area contributed by atoms with Crippen molar-refractivity contribution in [3.8, 4) is 11.1 Å². The number of hydrogen-bond acceptors (Lipinski definition) is 3. The molecular weight excluding hydrogens is 218 g/mol. The molecule has 2 aromatic rings. The Hall–Kier alpha value is -2.17. The van der Waals surface area contributed by atoms with Gasteiger partial charge in [0.05, 0.1) is 17.8 Å². The van der Waals surface area contributed by atoms with Crippen LogP contribution in [0.25, 0.3) is 11.1 Å². The number of carboxylic acid groups (broad SMARTS) is 1. The minimum Gasteiger partial charge on any atom is -0.481 e. The number of carboxylic acids is 1. The molecule has 0 aromatic carbocycles. The zero-order chi connectivity index (χ0) is 12.4. The molecule has 0 unspecified atom stereocenters. The highest BCUT2D eigenvalue weighted by molar-refractivity contribution is 5.76. The van der Waals surface area contributed by atoms with Crippen LogP contribution in [0, 0.1) is 6.92 Å². The lowest BCUT2D eigenvalue weighted by Gasteiger charge is -2.04. The predicted molar refractivity (Wildman–Crippen MR) is 62.5 cm³/mol. The lowest BCUT2D eigenvalue weighted by Crippen LogP contribution is -2.07. The van der Waals surface area contributed by atoms with Crippen LogP contribution in [-0.2, 0) is 18.3 Å². The van der Waals surface area contributed by atoms with Crippen LogP contribution in [0.4, 0.5) is 0 Å². The molecule has 2 aromatic heterocycles. The van der Waals surface area contributed by atoms with Gasteiger partial charge in [-0.05, 0) is 24.6 Å².